The lowest BCUT2D eigenvalue weighted by Crippen LogP contribution is -1.91. The number of rotatable bonds is 2. The SMILES string of the molecule is Cc1ccc2c(c1)-c1cc(-c3ccccc3)cc(-c3c(Br)sc4cc(Cl)ccc34)c1C2. The molecule has 1 aliphatic rings. The van der Waals surface area contributed by atoms with Crippen LogP contribution < -0.4 is 0 Å². The largest absolute Gasteiger partial charge is 0.127 e. The van der Waals surface area contributed by atoms with Crippen LogP contribution in [-0.2, 0) is 6.42 Å². The van der Waals surface area contributed by atoms with Crippen LogP contribution in [0.4, 0.5) is 0 Å². The number of hydrogen-bond donors (Lipinski definition) is 0. The average Bonchev–Trinajstić information content (AvgIpc) is 3.29. The molecule has 6 rings (SSSR count). The van der Waals surface area contributed by atoms with Crippen LogP contribution in [0, 0.1) is 6.92 Å². The number of fused-ring (bicyclic) bond motifs is 4. The second-order valence-corrected chi connectivity index (χ2v) is 11.0. The Morgan fingerprint density at radius 1 is 0.806 bits per heavy atom. The predicted molar refractivity (Wildman–Crippen MR) is 138 cm³/mol. The maximum atomic E-state index is 6.29. The van der Waals surface area contributed by atoms with E-state index in [1.165, 1.54) is 60.2 Å². The highest BCUT2D eigenvalue weighted by atomic mass is 79.9. The molecule has 0 fully saturated rings. The van der Waals surface area contributed by atoms with E-state index in [1.54, 1.807) is 11.3 Å². The van der Waals surface area contributed by atoms with Crippen molar-refractivity contribution in [3.05, 3.63) is 104 Å². The Morgan fingerprint density at radius 3 is 2.45 bits per heavy atom. The molecule has 0 aliphatic heterocycles. The van der Waals surface area contributed by atoms with E-state index in [9.17, 15) is 0 Å². The summed E-state index contributed by atoms with van der Waals surface area (Å²) in [7, 11) is 0. The summed E-state index contributed by atoms with van der Waals surface area (Å²) in [5.41, 5.74) is 11.9. The third-order valence-electron chi connectivity index (χ3n) is 6.16. The summed E-state index contributed by atoms with van der Waals surface area (Å²) >= 11 is 11.9. The minimum atomic E-state index is 0.777. The van der Waals surface area contributed by atoms with Gasteiger partial charge >= 0.3 is 0 Å². The summed E-state index contributed by atoms with van der Waals surface area (Å²) in [6.45, 7) is 2.17. The molecule has 3 heteroatoms. The van der Waals surface area contributed by atoms with Gasteiger partial charge in [-0.1, -0.05) is 71.8 Å². The first-order chi connectivity index (χ1) is 15.1. The lowest BCUT2D eigenvalue weighted by atomic mass is 9.90. The van der Waals surface area contributed by atoms with Crippen molar-refractivity contribution in [2.24, 2.45) is 0 Å². The maximum Gasteiger partial charge on any atom is 0.0789 e. The molecule has 0 atom stereocenters. The van der Waals surface area contributed by atoms with Crippen molar-refractivity contribution in [1.82, 2.24) is 0 Å². The Morgan fingerprint density at radius 2 is 1.61 bits per heavy atom. The Labute approximate surface area is 199 Å². The zero-order valence-corrected chi connectivity index (χ0v) is 20.0. The zero-order chi connectivity index (χ0) is 21.1. The first-order valence-corrected chi connectivity index (χ1v) is 12.3. The number of aryl methyl sites for hydroxylation is 1. The molecule has 1 heterocycles. The van der Waals surface area contributed by atoms with Crippen molar-refractivity contribution in [2.45, 2.75) is 13.3 Å². The van der Waals surface area contributed by atoms with E-state index in [0.29, 0.717) is 0 Å². The van der Waals surface area contributed by atoms with Crippen LogP contribution in [0.2, 0.25) is 5.02 Å². The zero-order valence-electron chi connectivity index (χ0n) is 16.9. The number of halogens is 2. The van der Waals surface area contributed by atoms with Crippen LogP contribution in [0.1, 0.15) is 16.7 Å². The fourth-order valence-corrected chi connectivity index (χ4v) is 6.87. The minimum Gasteiger partial charge on any atom is -0.127 e. The van der Waals surface area contributed by atoms with Crippen LogP contribution in [0.15, 0.2) is 82.6 Å². The maximum absolute atomic E-state index is 6.29. The molecule has 150 valence electrons. The molecule has 1 aliphatic carbocycles. The van der Waals surface area contributed by atoms with Gasteiger partial charge in [0.1, 0.15) is 0 Å². The van der Waals surface area contributed by atoms with Crippen LogP contribution >= 0.6 is 38.9 Å². The molecular weight excluding hydrogens is 484 g/mol. The molecule has 0 saturated carbocycles. The van der Waals surface area contributed by atoms with Crippen molar-refractivity contribution < 1.29 is 0 Å². The highest BCUT2D eigenvalue weighted by Gasteiger charge is 2.25. The highest BCUT2D eigenvalue weighted by molar-refractivity contribution is 9.11. The molecular formula is C28H18BrClS. The van der Waals surface area contributed by atoms with Crippen molar-refractivity contribution in [1.29, 1.82) is 0 Å². The molecule has 0 radical (unpaired) electrons. The third kappa shape index (κ3) is 3.17. The van der Waals surface area contributed by atoms with E-state index >= 15 is 0 Å². The molecule has 0 amide bonds. The van der Waals surface area contributed by atoms with Gasteiger partial charge < -0.3 is 0 Å². The highest BCUT2D eigenvalue weighted by Crippen LogP contribution is 2.50. The van der Waals surface area contributed by atoms with Gasteiger partial charge in [-0.2, -0.15) is 0 Å². The molecule has 0 unspecified atom stereocenters. The van der Waals surface area contributed by atoms with Gasteiger partial charge in [0.2, 0.25) is 0 Å². The van der Waals surface area contributed by atoms with E-state index in [0.717, 1.165) is 15.2 Å². The summed E-state index contributed by atoms with van der Waals surface area (Å²) in [6, 6.07) is 28.5. The van der Waals surface area contributed by atoms with Gasteiger partial charge in [-0.15, -0.1) is 11.3 Å². The second kappa shape index (κ2) is 7.34. The van der Waals surface area contributed by atoms with Crippen LogP contribution in [-0.4, -0.2) is 0 Å². The summed E-state index contributed by atoms with van der Waals surface area (Å²) in [5.74, 6) is 0. The standard InChI is InChI=1S/C28H18BrClS/c1-16-7-8-18-12-24-23(22(18)11-16)13-19(17-5-3-2-4-6-17)14-25(24)27-21-10-9-20(30)15-26(21)31-28(27)29/h2-11,13-15H,12H2,1H3. The fourth-order valence-electron chi connectivity index (χ4n) is 4.70. The summed E-state index contributed by atoms with van der Waals surface area (Å²) < 4.78 is 2.36. The van der Waals surface area contributed by atoms with Gasteiger partial charge in [-0.25, -0.2) is 0 Å². The number of benzene rings is 4. The minimum absolute atomic E-state index is 0.777. The van der Waals surface area contributed by atoms with Crippen LogP contribution in [0.3, 0.4) is 0 Å². The Balaban J connectivity index is 1.69. The Hall–Kier alpha value is -2.39. The average molecular weight is 502 g/mol. The van der Waals surface area contributed by atoms with Gasteiger partial charge in [-0.3, -0.25) is 0 Å². The van der Waals surface area contributed by atoms with Crippen LogP contribution in [0.5, 0.6) is 0 Å². The molecule has 0 nitrogen and oxygen atoms in total. The van der Waals surface area contributed by atoms with E-state index in [4.69, 9.17) is 11.6 Å². The van der Waals surface area contributed by atoms with E-state index < -0.39 is 0 Å². The third-order valence-corrected chi connectivity index (χ3v) is 8.22. The molecule has 0 spiro atoms. The summed E-state index contributed by atoms with van der Waals surface area (Å²) in [6.07, 6.45) is 0.965. The van der Waals surface area contributed by atoms with Gasteiger partial charge in [0.05, 0.1) is 3.79 Å². The van der Waals surface area contributed by atoms with Gasteiger partial charge in [0.15, 0.2) is 0 Å². The van der Waals surface area contributed by atoms with Crippen LogP contribution in [0.25, 0.3) is 43.5 Å². The Bertz CT molecular complexity index is 1480. The molecule has 0 saturated heterocycles. The van der Waals surface area contributed by atoms with Gasteiger partial charge in [-0.05, 0) is 92.5 Å². The number of hydrogen-bond acceptors (Lipinski definition) is 1. The normalized spacial score (nSPS) is 12.2. The van der Waals surface area contributed by atoms with Crippen molar-refractivity contribution >= 4 is 49.0 Å². The lowest BCUT2D eigenvalue weighted by Gasteiger charge is -2.14. The quantitative estimate of drug-likeness (QED) is 0.221. The van der Waals surface area contributed by atoms with Gasteiger partial charge in [0.25, 0.3) is 0 Å². The second-order valence-electron chi connectivity index (χ2n) is 8.14. The van der Waals surface area contributed by atoms with E-state index in [-0.39, 0.29) is 0 Å². The topological polar surface area (TPSA) is 0 Å². The fraction of sp³-hybridized carbons (Fsp3) is 0.0714. The van der Waals surface area contributed by atoms with E-state index in [1.807, 2.05) is 6.07 Å². The molecule has 4 aromatic carbocycles. The molecule has 0 bridgehead atoms. The van der Waals surface area contributed by atoms with Gasteiger partial charge in [0, 0.05) is 20.7 Å². The summed E-state index contributed by atoms with van der Waals surface area (Å²) in [5, 5.41) is 2.03. The smallest absolute Gasteiger partial charge is 0.0789 e. The summed E-state index contributed by atoms with van der Waals surface area (Å²) in [4.78, 5) is 0. The first-order valence-electron chi connectivity index (χ1n) is 10.3. The molecule has 31 heavy (non-hydrogen) atoms. The monoisotopic (exact) mass is 500 g/mol. The first kappa shape index (κ1) is 19.3. The van der Waals surface area contributed by atoms with E-state index in [2.05, 4.69) is 95.7 Å². The molecule has 5 aromatic rings. The lowest BCUT2D eigenvalue weighted by molar-refractivity contribution is 1.26. The van der Waals surface area contributed by atoms with Crippen molar-refractivity contribution in [2.75, 3.05) is 0 Å². The van der Waals surface area contributed by atoms with Crippen molar-refractivity contribution in [3.63, 3.8) is 0 Å². The predicted octanol–water partition coefficient (Wildman–Crippen LogP) is 9.53. The molecule has 0 N–H and O–H groups in total. The molecule has 1 aromatic heterocycles. The Kier molecular flexibility index (Phi) is 4.57. The number of thiophene rings is 1. The van der Waals surface area contributed by atoms with Crippen molar-refractivity contribution in [3.8, 4) is 33.4 Å².